The molecule has 1 aromatic heterocycles. The molecule has 0 radical (unpaired) electrons. The van der Waals surface area contributed by atoms with Crippen LogP contribution in [0.4, 0.5) is 34.1 Å². The number of anilines is 6. The highest BCUT2D eigenvalue weighted by Crippen LogP contribution is 2.47. The summed E-state index contributed by atoms with van der Waals surface area (Å²) in [6.07, 6.45) is 0. The minimum atomic E-state index is -0.111. The second-order valence-corrected chi connectivity index (χ2v) is 25.1. The number of hydrogen-bond donors (Lipinski definition) is 0. The molecule has 10 aromatic rings. The highest BCUT2D eigenvalue weighted by molar-refractivity contribution is 7.00. The van der Waals surface area contributed by atoms with Gasteiger partial charge in [0.1, 0.15) is 0 Å². The van der Waals surface area contributed by atoms with Crippen molar-refractivity contribution in [3.63, 3.8) is 0 Å². The van der Waals surface area contributed by atoms with Crippen LogP contribution in [0.25, 0.3) is 55.7 Å². The molecule has 0 saturated heterocycles. The molecule has 0 bridgehead atoms. The highest BCUT2D eigenvalue weighted by Gasteiger charge is 2.44. The lowest BCUT2D eigenvalue weighted by atomic mass is 9.33. The summed E-state index contributed by atoms with van der Waals surface area (Å²) in [5, 5.41) is 4.84. The van der Waals surface area contributed by atoms with Gasteiger partial charge in [-0.15, -0.1) is 0 Å². The third-order valence-corrected chi connectivity index (χ3v) is 15.6. The van der Waals surface area contributed by atoms with E-state index in [0.717, 1.165) is 50.8 Å². The van der Waals surface area contributed by atoms with E-state index in [0.29, 0.717) is 17.5 Å². The lowest BCUT2D eigenvalue weighted by Gasteiger charge is -2.44. The number of benzene rings is 9. The van der Waals surface area contributed by atoms with Crippen molar-refractivity contribution in [2.24, 2.45) is 0 Å². The topological polar surface area (TPSA) is 45.2 Å². The van der Waals surface area contributed by atoms with E-state index in [1.165, 1.54) is 60.2 Å². The number of hydrogen-bond acceptors (Lipinski definition) is 5. The van der Waals surface area contributed by atoms with Crippen LogP contribution in [0.2, 0.25) is 0 Å². The van der Waals surface area contributed by atoms with Gasteiger partial charge in [-0.05, 0) is 155 Å². The van der Waals surface area contributed by atoms with E-state index in [1.54, 1.807) is 0 Å². The van der Waals surface area contributed by atoms with Crippen LogP contribution >= 0.6 is 0 Å². The fourth-order valence-electron chi connectivity index (χ4n) is 11.2. The number of fused-ring (bicyclic) bond motifs is 6. The smallest absolute Gasteiger partial charge is 0.252 e. The normalized spacial score (nSPS) is 13.5. The molecule has 0 N–H and O–H groups in total. The molecule has 0 unspecified atom stereocenters. The summed E-state index contributed by atoms with van der Waals surface area (Å²) in [4.78, 5) is 21.8. The van der Waals surface area contributed by atoms with Gasteiger partial charge in [0.25, 0.3) is 6.71 Å². The van der Waals surface area contributed by atoms with Crippen LogP contribution in [0.15, 0.2) is 182 Å². The van der Waals surface area contributed by atoms with Crippen molar-refractivity contribution < 1.29 is 0 Å². The molecule has 75 heavy (non-hydrogen) atoms. The zero-order valence-electron chi connectivity index (χ0n) is 45.6. The summed E-state index contributed by atoms with van der Waals surface area (Å²) in [5.41, 5.74) is 17.9. The van der Waals surface area contributed by atoms with Crippen molar-refractivity contribution in [1.29, 1.82) is 0 Å². The summed E-state index contributed by atoms with van der Waals surface area (Å²) in [7, 11) is 0. The maximum absolute atomic E-state index is 5.66. The molecule has 0 fully saturated rings. The Morgan fingerprint density at radius 1 is 0.307 bits per heavy atom. The van der Waals surface area contributed by atoms with Crippen LogP contribution in [0.1, 0.15) is 105 Å². The van der Waals surface area contributed by atoms with Crippen molar-refractivity contribution in [1.82, 2.24) is 15.0 Å². The van der Waals surface area contributed by atoms with Gasteiger partial charge >= 0.3 is 0 Å². The lowest BCUT2D eigenvalue weighted by Crippen LogP contribution is -2.61. The van der Waals surface area contributed by atoms with Gasteiger partial charge < -0.3 is 9.80 Å². The second kappa shape index (κ2) is 17.4. The molecular weight excluding hydrogens is 910 g/mol. The van der Waals surface area contributed by atoms with Crippen molar-refractivity contribution in [2.75, 3.05) is 9.80 Å². The lowest BCUT2D eigenvalue weighted by molar-refractivity contribution is 0.568. The molecule has 12 rings (SSSR count). The SMILES string of the molecule is CC(C)(C)c1cc(-c2nc(-c3cc(C(C)(C)C)cc(C(C)(C)C)c3)nc(-c3cc4c5c(c3)N(c3ccccc3)c3cc6ccccc6cc3B5c3cc5ccccc5cc3N4c3ccccc3)n2)cc(C(C)(C)C)c1. The van der Waals surface area contributed by atoms with E-state index in [2.05, 4.69) is 275 Å². The summed E-state index contributed by atoms with van der Waals surface area (Å²) < 4.78 is 0. The molecule has 2 aliphatic heterocycles. The Labute approximate surface area is 444 Å². The maximum Gasteiger partial charge on any atom is 0.252 e. The molecule has 0 amide bonds. The van der Waals surface area contributed by atoms with Gasteiger partial charge in [0.15, 0.2) is 17.5 Å². The molecule has 0 atom stereocenters. The van der Waals surface area contributed by atoms with Crippen LogP contribution in [0, 0.1) is 0 Å². The van der Waals surface area contributed by atoms with Crippen molar-refractivity contribution in [3.05, 3.63) is 204 Å². The van der Waals surface area contributed by atoms with E-state index in [9.17, 15) is 0 Å². The first-order valence-electron chi connectivity index (χ1n) is 26.7. The third kappa shape index (κ3) is 8.58. The summed E-state index contributed by atoms with van der Waals surface area (Å²) in [6.45, 7) is 27.4. The first-order chi connectivity index (χ1) is 35.7. The van der Waals surface area contributed by atoms with Gasteiger partial charge in [-0.3, -0.25) is 0 Å². The number of nitrogens with zero attached hydrogens (tertiary/aromatic N) is 5. The number of para-hydroxylation sites is 2. The van der Waals surface area contributed by atoms with Crippen LogP contribution in [0.5, 0.6) is 0 Å². The van der Waals surface area contributed by atoms with Gasteiger partial charge in [-0.25, -0.2) is 15.0 Å². The first-order valence-corrected chi connectivity index (χ1v) is 26.7. The molecule has 0 spiro atoms. The Balaban J connectivity index is 1.21. The van der Waals surface area contributed by atoms with Gasteiger partial charge in [0, 0.05) is 50.8 Å². The Kier molecular flexibility index (Phi) is 11.2. The minimum absolute atomic E-state index is 0.0837. The summed E-state index contributed by atoms with van der Waals surface area (Å²) in [6, 6.07) is 67.8. The molecule has 370 valence electrons. The quantitative estimate of drug-likeness (QED) is 0.161. The Morgan fingerprint density at radius 3 is 0.920 bits per heavy atom. The van der Waals surface area contributed by atoms with Crippen LogP contribution in [-0.4, -0.2) is 21.7 Å². The molecule has 2 aliphatic rings. The Morgan fingerprint density at radius 2 is 0.600 bits per heavy atom. The fraction of sp³-hybridized carbons (Fsp3) is 0.232. The van der Waals surface area contributed by atoms with Crippen molar-refractivity contribution in [3.8, 4) is 34.2 Å². The highest BCUT2D eigenvalue weighted by atomic mass is 15.2. The molecule has 0 aliphatic carbocycles. The Hall–Kier alpha value is -7.83. The fourth-order valence-corrected chi connectivity index (χ4v) is 11.2. The van der Waals surface area contributed by atoms with Crippen LogP contribution < -0.4 is 26.2 Å². The molecule has 9 aromatic carbocycles. The monoisotopic (exact) mass is 976 g/mol. The zero-order chi connectivity index (χ0) is 52.3. The minimum Gasteiger partial charge on any atom is -0.311 e. The van der Waals surface area contributed by atoms with Gasteiger partial charge in [0.05, 0.1) is 0 Å². The second-order valence-electron chi connectivity index (χ2n) is 25.1. The molecule has 3 heterocycles. The molecular formula is C69H66BN5. The van der Waals surface area contributed by atoms with Crippen molar-refractivity contribution >= 4 is 78.8 Å². The number of aromatic nitrogens is 3. The molecule has 5 nitrogen and oxygen atoms in total. The molecule has 0 saturated carbocycles. The zero-order valence-corrected chi connectivity index (χ0v) is 45.6. The predicted molar refractivity (Wildman–Crippen MR) is 320 cm³/mol. The van der Waals surface area contributed by atoms with Crippen molar-refractivity contribution in [2.45, 2.75) is 105 Å². The summed E-state index contributed by atoms with van der Waals surface area (Å²) >= 11 is 0. The summed E-state index contributed by atoms with van der Waals surface area (Å²) in [5.74, 6) is 1.93. The van der Waals surface area contributed by atoms with Crippen LogP contribution in [-0.2, 0) is 21.7 Å². The third-order valence-electron chi connectivity index (χ3n) is 15.6. The average molecular weight is 976 g/mol. The van der Waals surface area contributed by atoms with Gasteiger partial charge in [0.2, 0.25) is 0 Å². The van der Waals surface area contributed by atoms with E-state index >= 15 is 0 Å². The van der Waals surface area contributed by atoms with Gasteiger partial charge in [-0.2, -0.15) is 0 Å². The van der Waals surface area contributed by atoms with E-state index in [-0.39, 0.29) is 28.4 Å². The largest absolute Gasteiger partial charge is 0.311 e. The standard InChI is InChI=1S/C69H66BN5/c1-66(2,3)50-31-47(32-51(41-50)67(4,5)6)63-71-64(48-33-52(68(7,8)9)42-53(34-48)69(10,11)12)73-65(72-63)49-39-60-62-61(40-49)75(55-29-17-14-18-30-55)59-38-46-26-22-20-24-44(46)36-57(59)70(62)56-35-43-23-19-21-25-45(43)37-58(56)74(60)54-27-15-13-16-28-54/h13-42H,1-12H3. The maximum atomic E-state index is 5.66. The molecule has 6 heteroatoms. The predicted octanol–water partition coefficient (Wildman–Crippen LogP) is 16.5. The first kappa shape index (κ1) is 48.1. The van der Waals surface area contributed by atoms with E-state index < -0.39 is 0 Å². The number of rotatable bonds is 5. The van der Waals surface area contributed by atoms with Gasteiger partial charge in [-0.1, -0.05) is 192 Å². The van der Waals surface area contributed by atoms with Crippen LogP contribution in [0.3, 0.4) is 0 Å². The van der Waals surface area contributed by atoms with E-state index in [1.807, 2.05) is 0 Å². The van der Waals surface area contributed by atoms with E-state index in [4.69, 9.17) is 15.0 Å². The average Bonchev–Trinajstić information content (AvgIpc) is 3.42. The Bertz CT molecular complexity index is 3580.